The summed E-state index contributed by atoms with van der Waals surface area (Å²) in [5, 5.41) is 0. The molecule has 2 rings (SSSR count). The Morgan fingerprint density at radius 1 is 1.33 bits per heavy atom. The van der Waals surface area contributed by atoms with Crippen LogP contribution >= 0.6 is 15.9 Å². The zero-order valence-electron chi connectivity index (χ0n) is 6.87. The van der Waals surface area contributed by atoms with Gasteiger partial charge < -0.3 is 4.57 Å². The number of aryl methyl sites for hydroxylation is 2. The number of aromatic nitrogens is 3. The van der Waals surface area contributed by atoms with Crippen LogP contribution in [-0.4, -0.2) is 14.5 Å². The smallest absolute Gasteiger partial charge is 0.178 e. The van der Waals surface area contributed by atoms with E-state index in [-0.39, 0.29) is 0 Å². The van der Waals surface area contributed by atoms with Gasteiger partial charge >= 0.3 is 0 Å². The maximum absolute atomic E-state index is 4.30. The predicted molar refractivity (Wildman–Crippen MR) is 50.9 cm³/mol. The Hall–Kier alpha value is -0.900. The quantitative estimate of drug-likeness (QED) is 0.643. The summed E-state index contributed by atoms with van der Waals surface area (Å²) in [7, 11) is 1.99. The van der Waals surface area contributed by atoms with Gasteiger partial charge in [0.1, 0.15) is 10.4 Å². The van der Waals surface area contributed by atoms with Crippen molar-refractivity contribution in [2.45, 2.75) is 6.92 Å². The molecular formula is C8H8BrN3. The summed E-state index contributed by atoms with van der Waals surface area (Å²) in [5.41, 5.74) is 1.86. The summed E-state index contributed by atoms with van der Waals surface area (Å²) in [6.07, 6.45) is 0. The van der Waals surface area contributed by atoms with Crippen LogP contribution in [0.5, 0.6) is 0 Å². The minimum Gasteiger partial charge on any atom is -0.330 e. The molecule has 4 heteroatoms. The molecule has 0 radical (unpaired) electrons. The molecule has 0 N–H and O–H groups in total. The van der Waals surface area contributed by atoms with Gasteiger partial charge in [0.2, 0.25) is 0 Å². The first-order valence-corrected chi connectivity index (χ1v) is 4.43. The van der Waals surface area contributed by atoms with Crippen molar-refractivity contribution in [3.05, 3.63) is 22.6 Å². The lowest BCUT2D eigenvalue weighted by Gasteiger charge is -1.94. The van der Waals surface area contributed by atoms with Crippen LogP contribution in [0.4, 0.5) is 0 Å². The van der Waals surface area contributed by atoms with E-state index in [4.69, 9.17) is 0 Å². The maximum atomic E-state index is 4.30. The number of hydrogen-bond acceptors (Lipinski definition) is 2. The van der Waals surface area contributed by atoms with E-state index in [9.17, 15) is 0 Å². The molecule has 12 heavy (non-hydrogen) atoms. The Kier molecular flexibility index (Phi) is 1.65. The topological polar surface area (TPSA) is 30.7 Å². The predicted octanol–water partition coefficient (Wildman–Crippen LogP) is 2.04. The summed E-state index contributed by atoms with van der Waals surface area (Å²) in [5.74, 6) is 0.982. The second-order valence-corrected chi connectivity index (χ2v) is 3.51. The number of hydrogen-bond donors (Lipinski definition) is 0. The maximum Gasteiger partial charge on any atom is 0.178 e. The molecule has 0 saturated heterocycles. The van der Waals surface area contributed by atoms with Crippen molar-refractivity contribution in [1.82, 2.24) is 14.5 Å². The highest BCUT2D eigenvalue weighted by atomic mass is 79.9. The highest BCUT2D eigenvalue weighted by Gasteiger charge is 2.04. The monoisotopic (exact) mass is 225 g/mol. The van der Waals surface area contributed by atoms with E-state index in [0.29, 0.717) is 0 Å². The molecular weight excluding hydrogens is 218 g/mol. The standard InChI is InChI=1S/C8H8BrN3/c1-5-10-8-6(12(5)2)3-4-7(9)11-8/h3-4H,1-2H3. The highest BCUT2D eigenvalue weighted by molar-refractivity contribution is 9.10. The molecule has 0 bridgehead atoms. The fourth-order valence-corrected chi connectivity index (χ4v) is 1.46. The number of imidazole rings is 1. The molecule has 0 aliphatic heterocycles. The normalized spacial score (nSPS) is 10.9. The van der Waals surface area contributed by atoms with E-state index in [1.54, 1.807) is 0 Å². The molecule has 0 aromatic carbocycles. The molecule has 0 amide bonds. The van der Waals surface area contributed by atoms with Crippen LogP contribution in [0.15, 0.2) is 16.7 Å². The lowest BCUT2D eigenvalue weighted by Crippen LogP contribution is -1.89. The molecule has 2 aromatic rings. The number of nitrogens with zero attached hydrogens (tertiary/aromatic N) is 3. The Labute approximate surface area is 78.6 Å². The largest absolute Gasteiger partial charge is 0.330 e. The summed E-state index contributed by atoms with van der Waals surface area (Å²) in [6.45, 7) is 1.97. The van der Waals surface area contributed by atoms with Crippen molar-refractivity contribution in [1.29, 1.82) is 0 Å². The first kappa shape index (κ1) is 7.73. The SMILES string of the molecule is Cc1nc2nc(Br)ccc2n1C. The van der Waals surface area contributed by atoms with Gasteiger partial charge in [-0.2, -0.15) is 0 Å². The Morgan fingerprint density at radius 2 is 2.08 bits per heavy atom. The summed E-state index contributed by atoms with van der Waals surface area (Å²) < 4.78 is 2.85. The van der Waals surface area contributed by atoms with Crippen molar-refractivity contribution >= 4 is 27.1 Å². The fourth-order valence-electron chi connectivity index (χ4n) is 1.16. The van der Waals surface area contributed by atoms with E-state index in [0.717, 1.165) is 21.6 Å². The minimum absolute atomic E-state index is 0.796. The van der Waals surface area contributed by atoms with Gasteiger partial charge in [0.25, 0.3) is 0 Å². The molecule has 62 valence electrons. The molecule has 0 fully saturated rings. The molecule has 3 nitrogen and oxygen atoms in total. The second-order valence-electron chi connectivity index (χ2n) is 2.69. The van der Waals surface area contributed by atoms with Crippen molar-refractivity contribution in [2.24, 2.45) is 7.05 Å². The third kappa shape index (κ3) is 1.03. The lowest BCUT2D eigenvalue weighted by atomic mass is 10.4. The number of fused-ring (bicyclic) bond motifs is 1. The summed E-state index contributed by atoms with van der Waals surface area (Å²) in [4.78, 5) is 8.54. The van der Waals surface area contributed by atoms with Crippen LogP contribution in [0.2, 0.25) is 0 Å². The fraction of sp³-hybridized carbons (Fsp3) is 0.250. The van der Waals surface area contributed by atoms with Gasteiger partial charge in [-0.25, -0.2) is 9.97 Å². The van der Waals surface area contributed by atoms with Crippen molar-refractivity contribution in [3.63, 3.8) is 0 Å². The highest BCUT2D eigenvalue weighted by Crippen LogP contribution is 2.15. The second kappa shape index (κ2) is 2.55. The third-order valence-corrected chi connectivity index (χ3v) is 2.38. The average molecular weight is 226 g/mol. The zero-order valence-corrected chi connectivity index (χ0v) is 8.46. The summed E-state index contributed by atoms with van der Waals surface area (Å²) >= 11 is 3.31. The molecule has 0 unspecified atom stereocenters. The average Bonchev–Trinajstić information content (AvgIpc) is 2.28. The van der Waals surface area contributed by atoms with Gasteiger partial charge in [-0.1, -0.05) is 0 Å². The summed E-state index contributed by atoms with van der Waals surface area (Å²) in [6, 6.07) is 3.93. The number of rotatable bonds is 0. The van der Waals surface area contributed by atoms with E-state index in [1.807, 2.05) is 30.7 Å². The van der Waals surface area contributed by atoms with Crippen LogP contribution in [0, 0.1) is 6.92 Å². The van der Waals surface area contributed by atoms with Gasteiger partial charge in [-0.15, -0.1) is 0 Å². The first-order chi connectivity index (χ1) is 5.68. The van der Waals surface area contributed by atoms with Gasteiger partial charge in [0.05, 0.1) is 5.52 Å². The molecule has 0 spiro atoms. The zero-order chi connectivity index (χ0) is 8.72. The van der Waals surface area contributed by atoms with Crippen molar-refractivity contribution in [3.8, 4) is 0 Å². The Balaban J connectivity index is 2.87. The molecule has 0 aliphatic rings. The number of halogens is 1. The molecule has 2 aromatic heterocycles. The van der Waals surface area contributed by atoms with Crippen LogP contribution in [0.3, 0.4) is 0 Å². The molecule has 0 aliphatic carbocycles. The van der Waals surface area contributed by atoms with Gasteiger partial charge in [0, 0.05) is 7.05 Å². The van der Waals surface area contributed by atoms with Crippen LogP contribution in [0.1, 0.15) is 5.82 Å². The Bertz CT molecular complexity index is 433. The van der Waals surface area contributed by atoms with E-state index < -0.39 is 0 Å². The van der Waals surface area contributed by atoms with Crippen LogP contribution in [0.25, 0.3) is 11.2 Å². The van der Waals surface area contributed by atoms with Crippen molar-refractivity contribution < 1.29 is 0 Å². The number of pyridine rings is 1. The minimum atomic E-state index is 0.796. The van der Waals surface area contributed by atoms with Gasteiger partial charge in [-0.3, -0.25) is 0 Å². The van der Waals surface area contributed by atoms with E-state index >= 15 is 0 Å². The Morgan fingerprint density at radius 3 is 2.83 bits per heavy atom. The molecule has 0 saturated carbocycles. The van der Waals surface area contributed by atoms with Crippen LogP contribution in [-0.2, 0) is 7.05 Å². The van der Waals surface area contributed by atoms with Crippen LogP contribution < -0.4 is 0 Å². The van der Waals surface area contributed by atoms with E-state index in [1.165, 1.54) is 0 Å². The lowest BCUT2D eigenvalue weighted by molar-refractivity contribution is 0.886. The van der Waals surface area contributed by atoms with Gasteiger partial charge in [0.15, 0.2) is 5.65 Å². The third-order valence-electron chi connectivity index (χ3n) is 1.94. The van der Waals surface area contributed by atoms with Crippen molar-refractivity contribution in [2.75, 3.05) is 0 Å². The van der Waals surface area contributed by atoms with E-state index in [2.05, 4.69) is 25.9 Å². The molecule has 0 atom stereocenters. The first-order valence-electron chi connectivity index (χ1n) is 3.64. The van der Waals surface area contributed by atoms with Gasteiger partial charge in [-0.05, 0) is 35.0 Å². The molecule has 2 heterocycles.